The number of hydrogen-bond acceptors (Lipinski definition) is 21. The van der Waals surface area contributed by atoms with Gasteiger partial charge in [0.2, 0.25) is 70.9 Å². The van der Waals surface area contributed by atoms with E-state index in [0.29, 0.717) is 36.9 Å². The largest absolute Gasteiger partial charge is 0.508 e. The summed E-state index contributed by atoms with van der Waals surface area (Å²) < 4.78 is 0. The molecule has 6 rings (SSSR count). The number of hydrogen-bond donors (Lipinski definition) is 15. The van der Waals surface area contributed by atoms with Crippen molar-refractivity contribution in [2.75, 3.05) is 49.3 Å². The lowest BCUT2D eigenvalue weighted by Gasteiger charge is -2.33. The molecule has 2 bridgehead atoms. The molecule has 2 aromatic rings. The number of carboxylic acids is 1. The maximum Gasteiger partial charge on any atom is 0.327 e. The van der Waals surface area contributed by atoms with Crippen LogP contribution in [-0.4, -0.2) is 234 Å². The number of nitrogens with two attached hydrogens (primary N) is 1. The third-order valence-electron chi connectivity index (χ3n) is 15.9. The average molecular weight is 1360 g/mol. The number of carbonyl (C=O) groups excluding carboxylic acids is 12. The van der Waals surface area contributed by atoms with Crippen molar-refractivity contribution in [3.8, 4) is 5.75 Å². The number of aromatic hydroxyl groups is 1. The van der Waals surface area contributed by atoms with Gasteiger partial charge in [-0.25, -0.2) is 9.78 Å². The van der Waals surface area contributed by atoms with E-state index in [-0.39, 0.29) is 68.9 Å². The quantitative estimate of drug-likeness (QED) is 0.0879. The number of phenolic OH excluding ortho intramolecular Hbond substituents is 1. The Labute approximate surface area is 547 Å². The SMILES string of the molecule is CCC[C@@H]1NC(=O)[C@H](CC)NC(=O)[C@H]([C@H](C)CC)NC(=O)[C@@H]2CSSC[C@H](NC(=O)CN)C(=O)N[C@@H](CSSC[C@@H](C(=O)O)NC(=O)[C@H](Cc3ccc(O)cc3)NC1=O)C(=O)N[C@@H](CO)C(=O)N[C@@H](Cc1cnc[nH]1)C(=O)N1CCC[C@H]1C(=O)N1CCC[C@H]1C(=O)N2. The zero-order chi connectivity index (χ0) is 67.2. The summed E-state index contributed by atoms with van der Waals surface area (Å²) in [5, 5.41) is 57.3. The molecule has 12 amide bonds. The first-order valence-corrected chi connectivity index (χ1v) is 35.4. The Morgan fingerprint density at radius 1 is 0.630 bits per heavy atom. The predicted octanol–water partition coefficient (Wildman–Crippen LogP) is -3.19. The number of carbonyl (C=O) groups is 13. The van der Waals surface area contributed by atoms with Gasteiger partial charge in [0.25, 0.3) is 0 Å². The Morgan fingerprint density at radius 3 is 1.79 bits per heavy atom. The topological polar surface area (TPSA) is 464 Å². The third kappa shape index (κ3) is 20.8. The van der Waals surface area contributed by atoms with Gasteiger partial charge in [-0.2, -0.15) is 0 Å². The summed E-state index contributed by atoms with van der Waals surface area (Å²) in [6, 6.07) is -11.7. The summed E-state index contributed by atoms with van der Waals surface area (Å²) in [6.07, 6.45) is 3.96. The summed E-state index contributed by atoms with van der Waals surface area (Å²) >= 11 is 0. The van der Waals surface area contributed by atoms with E-state index in [1.165, 1.54) is 46.6 Å². The van der Waals surface area contributed by atoms with Crippen LogP contribution in [0.1, 0.15) is 90.3 Å². The standard InChI is InChI=1S/C57H83N15O16S4/c1-5-10-34-47(77)64-35(19-30-13-15-32(74)16-14-30)48(78)69-41(57(87)88)27-92-91-25-39-51(81)66-37(23-73)49(79)65-36(20-31-22-59-28-60-31)55(85)72-18-9-12-43(72)56(86)71-17-8-11-42(71)53(83)68-40(26-90-89-24-38(50(80)67-39)61-44(75)21-58)52(82)70-45(29(4)6-2)54(84)62-33(7-3)46(76)63-34/h13-16,22,28-29,33-43,45,73-74H,5-12,17-21,23-27,58H2,1-4H3,(H,59,60)(H,61,75)(H,62,84)(H,63,76)(H,64,77)(H,65,79)(H,66,81)(H,67,80)(H,68,83)(H,69,78)(H,70,82)(H,87,88)/t29-,33+,34+,35+,36+,37+,38+,39+,40+,41+,42+,43+,45+/m1/s1. The molecule has 0 unspecified atom stereocenters. The minimum Gasteiger partial charge on any atom is -0.508 e. The Bertz CT molecular complexity index is 2950. The smallest absolute Gasteiger partial charge is 0.327 e. The fourth-order valence-electron chi connectivity index (χ4n) is 10.5. The number of phenols is 1. The highest BCUT2D eigenvalue weighted by Gasteiger charge is 2.45. The number of fused-ring (bicyclic) bond motifs is 10. The van der Waals surface area contributed by atoms with Crippen LogP contribution in [0.3, 0.4) is 0 Å². The van der Waals surface area contributed by atoms with Crippen LogP contribution in [0.4, 0.5) is 0 Å². The number of nitrogens with one attached hydrogen (secondary N) is 11. The van der Waals surface area contributed by atoms with Crippen molar-refractivity contribution >= 4 is 120 Å². The van der Waals surface area contributed by atoms with Crippen LogP contribution in [0.2, 0.25) is 0 Å². The van der Waals surface area contributed by atoms with Gasteiger partial charge < -0.3 is 89.0 Å². The summed E-state index contributed by atoms with van der Waals surface area (Å²) in [5.74, 6) is -14.0. The van der Waals surface area contributed by atoms with Crippen LogP contribution in [0, 0.1) is 5.92 Å². The van der Waals surface area contributed by atoms with Gasteiger partial charge in [0, 0.05) is 60.8 Å². The predicted molar refractivity (Wildman–Crippen MR) is 341 cm³/mol. The molecular weight excluding hydrogens is 1280 g/mol. The first-order valence-electron chi connectivity index (χ1n) is 30.4. The highest BCUT2D eigenvalue weighted by atomic mass is 33.1. The minimum atomic E-state index is -1.80. The second-order valence-corrected chi connectivity index (χ2v) is 27.7. The summed E-state index contributed by atoms with van der Waals surface area (Å²) in [4.78, 5) is 195. The van der Waals surface area contributed by atoms with Gasteiger partial charge in [0.15, 0.2) is 0 Å². The van der Waals surface area contributed by atoms with Crippen LogP contribution >= 0.6 is 43.2 Å². The van der Waals surface area contributed by atoms with Crippen molar-refractivity contribution in [2.24, 2.45) is 11.7 Å². The average Bonchev–Trinajstić information content (AvgIpc) is 1.64. The van der Waals surface area contributed by atoms with E-state index in [9.17, 15) is 77.6 Å². The maximum atomic E-state index is 14.8. The third-order valence-corrected chi connectivity index (χ3v) is 20.8. The van der Waals surface area contributed by atoms with E-state index in [0.717, 1.165) is 43.2 Å². The number of aromatic nitrogens is 2. The Balaban J connectivity index is 1.45. The number of aliphatic carboxylic acids is 1. The molecular formula is C57H83N15O16S4. The molecule has 4 aliphatic heterocycles. The zero-order valence-corrected chi connectivity index (χ0v) is 54.7. The van der Waals surface area contributed by atoms with Crippen molar-refractivity contribution in [2.45, 2.75) is 164 Å². The van der Waals surface area contributed by atoms with Gasteiger partial charge in [-0.1, -0.05) is 95.8 Å². The lowest BCUT2D eigenvalue weighted by atomic mass is 9.97. The molecule has 5 heterocycles. The highest BCUT2D eigenvalue weighted by molar-refractivity contribution is 8.77. The molecule has 4 fully saturated rings. The molecule has 16 N–H and O–H groups in total. The second-order valence-electron chi connectivity index (χ2n) is 22.6. The zero-order valence-electron chi connectivity index (χ0n) is 51.4. The van der Waals surface area contributed by atoms with Crippen molar-refractivity contribution in [1.82, 2.24) is 72.9 Å². The molecule has 0 spiro atoms. The lowest BCUT2D eigenvalue weighted by molar-refractivity contribution is -0.148. The van der Waals surface area contributed by atoms with E-state index in [4.69, 9.17) is 5.73 Å². The fraction of sp³-hybridized carbons (Fsp3) is 0.614. The van der Waals surface area contributed by atoms with E-state index < -0.39 is 180 Å². The fourth-order valence-corrected chi connectivity index (χ4v) is 15.2. The Kier molecular flexibility index (Phi) is 29.0. The van der Waals surface area contributed by atoms with Crippen molar-refractivity contribution in [3.05, 3.63) is 48.0 Å². The lowest BCUT2D eigenvalue weighted by Crippen LogP contribution is -2.61. The van der Waals surface area contributed by atoms with E-state index in [1.54, 1.807) is 27.7 Å². The van der Waals surface area contributed by atoms with Gasteiger partial charge >= 0.3 is 5.97 Å². The molecule has 506 valence electrons. The normalized spacial score (nSPS) is 28.3. The number of imidazole rings is 1. The number of amides is 12. The van der Waals surface area contributed by atoms with Gasteiger partial charge in [0.05, 0.1) is 19.5 Å². The molecule has 0 aliphatic carbocycles. The number of nitrogens with zero attached hydrogens (tertiary/aromatic N) is 3. The van der Waals surface area contributed by atoms with Crippen molar-refractivity contribution < 1.29 is 77.6 Å². The molecule has 35 heteroatoms. The summed E-state index contributed by atoms with van der Waals surface area (Å²) in [6.45, 7) is 5.26. The molecule has 0 radical (unpaired) electrons. The molecule has 31 nitrogen and oxygen atoms in total. The highest BCUT2D eigenvalue weighted by Crippen LogP contribution is 2.29. The van der Waals surface area contributed by atoms with Gasteiger partial charge in [-0.3, -0.25) is 57.5 Å². The summed E-state index contributed by atoms with van der Waals surface area (Å²) in [5.41, 5.74) is 6.46. The van der Waals surface area contributed by atoms with Gasteiger partial charge in [-0.05, 0) is 62.1 Å². The number of rotatable bonds is 13. The van der Waals surface area contributed by atoms with Gasteiger partial charge in [-0.15, -0.1) is 0 Å². The first-order chi connectivity index (χ1) is 44.0. The number of benzene rings is 1. The molecule has 13 atom stereocenters. The molecule has 1 aromatic carbocycles. The number of aliphatic hydroxyl groups is 1. The Hall–Kier alpha value is -7.34. The van der Waals surface area contributed by atoms with E-state index in [2.05, 4.69) is 63.1 Å². The molecule has 4 aliphatic rings. The molecule has 92 heavy (non-hydrogen) atoms. The maximum absolute atomic E-state index is 14.8. The van der Waals surface area contributed by atoms with Crippen LogP contribution in [-0.2, 0) is 75.2 Å². The van der Waals surface area contributed by atoms with E-state index in [1.807, 2.05) is 0 Å². The van der Waals surface area contributed by atoms with Crippen LogP contribution in [0.15, 0.2) is 36.8 Å². The Morgan fingerprint density at radius 2 is 1.18 bits per heavy atom. The van der Waals surface area contributed by atoms with E-state index >= 15 is 0 Å². The molecule has 4 saturated heterocycles. The van der Waals surface area contributed by atoms with Crippen LogP contribution in [0.5, 0.6) is 5.75 Å². The number of H-pyrrole nitrogens is 1. The second kappa shape index (κ2) is 36.2. The molecule has 0 saturated carbocycles. The van der Waals surface area contributed by atoms with Crippen molar-refractivity contribution in [3.63, 3.8) is 0 Å². The monoisotopic (exact) mass is 1360 g/mol. The van der Waals surface area contributed by atoms with Crippen molar-refractivity contribution in [1.29, 1.82) is 0 Å². The van der Waals surface area contributed by atoms with Crippen LogP contribution < -0.4 is 58.9 Å². The van der Waals surface area contributed by atoms with Crippen LogP contribution in [0.25, 0.3) is 0 Å². The first kappa shape index (κ1) is 73.7. The molecule has 1 aromatic heterocycles. The van der Waals surface area contributed by atoms with Gasteiger partial charge in [0.1, 0.15) is 78.3 Å². The number of aliphatic hydroxyl groups excluding tert-OH is 1. The summed E-state index contributed by atoms with van der Waals surface area (Å²) in [7, 11) is 3.56. The number of carboxylic acid groups (broad SMARTS) is 1. The minimum absolute atomic E-state index is 0.0149. The number of aromatic amines is 1.